The van der Waals surface area contributed by atoms with Gasteiger partial charge < -0.3 is 5.11 Å². The summed E-state index contributed by atoms with van der Waals surface area (Å²) in [5, 5.41) is 11.4. The highest BCUT2D eigenvalue weighted by Crippen LogP contribution is 2.51. The lowest BCUT2D eigenvalue weighted by molar-refractivity contribution is -0.124. The summed E-state index contributed by atoms with van der Waals surface area (Å²) >= 11 is 0. The molecule has 5 atom stereocenters. The van der Waals surface area contributed by atoms with Gasteiger partial charge >= 0.3 is 0 Å². The zero-order chi connectivity index (χ0) is 26.0. The number of nitrogens with zero attached hydrogens (tertiary/aromatic N) is 1. The number of benzene rings is 2. The summed E-state index contributed by atoms with van der Waals surface area (Å²) in [7, 11) is -3.99. The molecule has 2 aliphatic rings. The van der Waals surface area contributed by atoms with Crippen LogP contribution in [0.15, 0.2) is 70.5 Å². The van der Waals surface area contributed by atoms with E-state index in [1.807, 2.05) is 26.8 Å². The van der Waals surface area contributed by atoms with Gasteiger partial charge in [0.15, 0.2) is 0 Å². The van der Waals surface area contributed by atoms with Gasteiger partial charge in [-0.15, -0.1) is 0 Å². The third-order valence-electron chi connectivity index (χ3n) is 7.50. The molecule has 1 fully saturated rings. The van der Waals surface area contributed by atoms with Crippen molar-refractivity contribution in [2.24, 2.45) is 23.7 Å². The van der Waals surface area contributed by atoms with Gasteiger partial charge in [0.1, 0.15) is 0 Å². The number of carbonyl (C=O) groups is 2. The summed E-state index contributed by atoms with van der Waals surface area (Å²) in [4.78, 5) is 29.1. The van der Waals surface area contributed by atoms with Crippen molar-refractivity contribution < 1.29 is 23.1 Å². The Morgan fingerprint density at radius 1 is 0.917 bits per heavy atom. The fourth-order valence-electron chi connectivity index (χ4n) is 5.71. The molecule has 1 heterocycles. The minimum Gasteiger partial charge on any atom is -0.392 e. The number of anilines is 1. The number of fused-ring (bicyclic) bond motifs is 1. The maximum atomic E-state index is 14.0. The van der Waals surface area contributed by atoms with Gasteiger partial charge in [0.25, 0.3) is 0 Å². The number of aryl methyl sites for hydroxylation is 1. The molecule has 7 heteroatoms. The Morgan fingerprint density at radius 3 is 2.17 bits per heavy atom. The number of amides is 2. The molecule has 0 radical (unpaired) electrons. The smallest absolute Gasteiger partial charge is 0.238 e. The van der Waals surface area contributed by atoms with Gasteiger partial charge in [-0.2, -0.15) is 0 Å². The van der Waals surface area contributed by atoms with Crippen LogP contribution >= 0.6 is 0 Å². The van der Waals surface area contributed by atoms with Gasteiger partial charge in [0, 0.05) is 5.92 Å². The normalized spacial score (nSPS) is 25.0. The molecule has 0 saturated carbocycles. The zero-order valence-electron chi connectivity index (χ0n) is 21.1. The van der Waals surface area contributed by atoms with Gasteiger partial charge in [-0.25, -0.2) is 8.42 Å². The molecule has 2 amide bonds. The highest BCUT2D eigenvalue weighted by Gasteiger charge is 2.59. The highest BCUT2D eigenvalue weighted by atomic mass is 32.2. The third-order valence-corrected chi connectivity index (χ3v) is 9.42. The second-order valence-electron chi connectivity index (χ2n) is 9.97. The number of sulfone groups is 1. The first kappa shape index (κ1) is 26.3. The number of rotatable bonds is 9. The predicted octanol–water partition coefficient (Wildman–Crippen LogP) is 5.06. The predicted molar refractivity (Wildman–Crippen MR) is 140 cm³/mol. The summed E-state index contributed by atoms with van der Waals surface area (Å²) in [6, 6.07) is 15.4. The van der Waals surface area contributed by atoms with Crippen LogP contribution in [0.4, 0.5) is 5.69 Å². The van der Waals surface area contributed by atoms with Gasteiger partial charge in [-0.05, 0) is 49.9 Å². The first-order valence-corrected chi connectivity index (χ1v) is 14.3. The Labute approximate surface area is 213 Å². The Morgan fingerprint density at radius 2 is 1.56 bits per heavy atom. The number of carbonyl (C=O) groups excluding carboxylic acids is 2. The highest BCUT2D eigenvalue weighted by molar-refractivity contribution is 7.95. The molecule has 0 aromatic heterocycles. The van der Waals surface area contributed by atoms with Crippen molar-refractivity contribution in [3.05, 3.63) is 71.1 Å². The number of hydrogen-bond acceptors (Lipinski definition) is 5. The van der Waals surface area contributed by atoms with Crippen LogP contribution in [0.1, 0.15) is 51.5 Å². The molecule has 2 aromatic rings. The standard InChI is InChI=1S/C29H35NO5S/c1-4-6-13-23(31)26-24(36(34,35)22-16-14-19(3)15-17-22)18-20(10-5-2)25-27(26)29(33)30(28(25)32)21-11-8-7-9-12-21/h7-9,11-12,14-18,20,23,25-27,31H,4-6,10,13H2,1-3H3/t20-,23-,25-,26+,27-/m0/s1. The number of imide groups is 1. The Hall–Kier alpha value is -2.77. The van der Waals surface area contributed by atoms with E-state index >= 15 is 0 Å². The molecule has 0 spiro atoms. The number of para-hydroxylation sites is 1. The summed E-state index contributed by atoms with van der Waals surface area (Å²) in [6.45, 7) is 5.86. The second-order valence-corrected chi connectivity index (χ2v) is 11.9. The number of aliphatic hydroxyl groups is 1. The quantitative estimate of drug-likeness (QED) is 0.477. The van der Waals surface area contributed by atoms with Crippen molar-refractivity contribution >= 4 is 27.3 Å². The van der Waals surface area contributed by atoms with Crippen LogP contribution in [0.5, 0.6) is 0 Å². The summed E-state index contributed by atoms with van der Waals surface area (Å²) in [5.74, 6) is -3.76. The van der Waals surface area contributed by atoms with Gasteiger partial charge in [0.05, 0.1) is 33.4 Å². The molecule has 2 aromatic carbocycles. The van der Waals surface area contributed by atoms with E-state index in [4.69, 9.17) is 0 Å². The fraction of sp³-hybridized carbons (Fsp3) is 0.448. The number of hydrogen-bond donors (Lipinski definition) is 1. The first-order chi connectivity index (χ1) is 17.2. The minimum absolute atomic E-state index is 0.0747. The van der Waals surface area contributed by atoms with E-state index in [1.165, 1.54) is 4.90 Å². The van der Waals surface area contributed by atoms with Crippen molar-refractivity contribution in [1.82, 2.24) is 0 Å². The van der Waals surface area contributed by atoms with Crippen LogP contribution in [0.3, 0.4) is 0 Å². The lowest BCUT2D eigenvalue weighted by Crippen LogP contribution is -2.43. The van der Waals surface area contributed by atoms with Crippen LogP contribution in [-0.2, 0) is 19.4 Å². The van der Waals surface area contributed by atoms with Gasteiger partial charge in [-0.1, -0.05) is 75.1 Å². The molecule has 6 nitrogen and oxygen atoms in total. The Bertz CT molecular complexity index is 1240. The second kappa shape index (κ2) is 10.7. The maximum Gasteiger partial charge on any atom is 0.238 e. The molecule has 4 rings (SSSR count). The van der Waals surface area contributed by atoms with Crippen LogP contribution < -0.4 is 4.90 Å². The SMILES string of the molecule is CCCC[C@H](O)[C@@H]1C(S(=O)(=O)c2ccc(C)cc2)=C[C@H](CCC)[C@@H]2C(=O)N(c3ccccc3)C(=O)[C@@H]21. The number of unbranched alkanes of at least 4 members (excludes halogenated alkanes) is 1. The van der Waals surface area contributed by atoms with Crippen molar-refractivity contribution in [2.75, 3.05) is 4.90 Å². The van der Waals surface area contributed by atoms with E-state index in [-0.39, 0.29) is 15.7 Å². The minimum atomic E-state index is -3.99. The van der Waals surface area contributed by atoms with Crippen molar-refractivity contribution in [3.8, 4) is 0 Å². The fourth-order valence-corrected chi connectivity index (χ4v) is 7.50. The Balaban J connectivity index is 1.88. The van der Waals surface area contributed by atoms with Gasteiger partial charge in [0.2, 0.25) is 21.7 Å². The topological polar surface area (TPSA) is 91.8 Å². The molecular weight excluding hydrogens is 474 g/mol. The molecule has 1 N–H and O–H groups in total. The average Bonchev–Trinajstić information content (AvgIpc) is 3.13. The van der Waals surface area contributed by atoms with Crippen LogP contribution in [0.25, 0.3) is 0 Å². The van der Waals surface area contributed by atoms with E-state index in [1.54, 1.807) is 54.6 Å². The van der Waals surface area contributed by atoms with Crippen LogP contribution in [0.2, 0.25) is 0 Å². The van der Waals surface area contributed by atoms with E-state index in [9.17, 15) is 23.1 Å². The van der Waals surface area contributed by atoms with Crippen LogP contribution in [0, 0.1) is 30.6 Å². The molecule has 1 aliphatic heterocycles. The van der Waals surface area contributed by atoms with Gasteiger partial charge in [-0.3, -0.25) is 14.5 Å². The summed E-state index contributed by atoms with van der Waals surface area (Å²) < 4.78 is 28.0. The van der Waals surface area contributed by atoms with E-state index < -0.39 is 45.5 Å². The third kappa shape index (κ3) is 4.66. The zero-order valence-corrected chi connectivity index (χ0v) is 21.9. The molecule has 1 saturated heterocycles. The van der Waals surface area contributed by atoms with E-state index in [0.29, 0.717) is 24.9 Å². The van der Waals surface area contributed by atoms with E-state index in [0.717, 1.165) is 18.4 Å². The maximum absolute atomic E-state index is 14.0. The largest absolute Gasteiger partial charge is 0.392 e. The molecule has 0 bridgehead atoms. The van der Waals surface area contributed by atoms with Crippen molar-refractivity contribution in [2.45, 2.75) is 63.9 Å². The molecular formula is C29H35NO5S. The Kier molecular flexibility index (Phi) is 7.81. The molecule has 0 unspecified atom stereocenters. The van der Waals surface area contributed by atoms with Crippen molar-refractivity contribution in [1.29, 1.82) is 0 Å². The van der Waals surface area contributed by atoms with Crippen molar-refractivity contribution in [3.63, 3.8) is 0 Å². The lowest BCUT2D eigenvalue weighted by atomic mass is 9.68. The monoisotopic (exact) mass is 509 g/mol. The number of aliphatic hydroxyl groups excluding tert-OH is 1. The molecule has 1 aliphatic carbocycles. The summed E-state index contributed by atoms with van der Waals surface area (Å²) in [5.41, 5.74) is 1.41. The number of allylic oxidation sites excluding steroid dienone is 1. The molecule has 192 valence electrons. The molecule has 36 heavy (non-hydrogen) atoms. The first-order valence-electron chi connectivity index (χ1n) is 12.9. The lowest BCUT2D eigenvalue weighted by Gasteiger charge is -2.38. The average molecular weight is 510 g/mol. The van der Waals surface area contributed by atoms with E-state index in [2.05, 4.69) is 0 Å². The summed E-state index contributed by atoms with van der Waals surface area (Å²) in [6.07, 6.45) is 3.80. The van der Waals surface area contributed by atoms with Crippen LogP contribution in [-0.4, -0.2) is 31.4 Å².